The van der Waals surface area contributed by atoms with Gasteiger partial charge in [0, 0.05) is 24.3 Å². The van der Waals surface area contributed by atoms with Crippen molar-refractivity contribution >= 4 is 17.7 Å². The van der Waals surface area contributed by atoms with E-state index >= 15 is 0 Å². The lowest BCUT2D eigenvalue weighted by molar-refractivity contribution is -0.384. The maximum absolute atomic E-state index is 12.3. The molecule has 0 saturated heterocycles. The van der Waals surface area contributed by atoms with Crippen LogP contribution in [0, 0.1) is 33.8 Å². The fraction of sp³-hybridized carbons (Fsp3) is 0.526. The number of hydrogen-bond acceptors (Lipinski definition) is 3. The van der Waals surface area contributed by atoms with Crippen molar-refractivity contribution in [1.82, 2.24) is 5.32 Å². The lowest BCUT2D eigenvalue weighted by Crippen LogP contribution is -2.55. The molecule has 1 amide bonds. The van der Waals surface area contributed by atoms with E-state index in [9.17, 15) is 14.9 Å². The first-order valence-corrected chi connectivity index (χ1v) is 8.81. The fourth-order valence-electron chi connectivity index (χ4n) is 5.29. The number of rotatable bonds is 4. The normalized spacial score (nSPS) is 33.8. The van der Waals surface area contributed by atoms with Gasteiger partial charge in [-0.1, -0.05) is 12.1 Å². The summed E-state index contributed by atoms with van der Waals surface area (Å²) in [6, 6.07) is 6.64. The molecule has 0 aromatic heterocycles. The van der Waals surface area contributed by atoms with E-state index in [1.807, 2.05) is 0 Å². The zero-order valence-electron chi connectivity index (χ0n) is 13.6. The number of benzene rings is 1. The van der Waals surface area contributed by atoms with E-state index in [1.54, 1.807) is 18.2 Å². The van der Waals surface area contributed by atoms with Gasteiger partial charge in [-0.15, -0.1) is 0 Å². The summed E-state index contributed by atoms with van der Waals surface area (Å²) < 4.78 is 0. The number of amides is 1. The Morgan fingerprint density at radius 1 is 1.12 bits per heavy atom. The van der Waals surface area contributed by atoms with E-state index in [2.05, 4.69) is 5.32 Å². The molecular formula is C19H22N2O3. The lowest BCUT2D eigenvalue weighted by atomic mass is 9.54. The van der Waals surface area contributed by atoms with Gasteiger partial charge in [-0.2, -0.15) is 0 Å². The molecule has 0 spiro atoms. The van der Waals surface area contributed by atoms with Crippen molar-refractivity contribution in [2.24, 2.45) is 23.7 Å². The molecule has 0 heterocycles. The van der Waals surface area contributed by atoms with Crippen molar-refractivity contribution < 1.29 is 9.72 Å². The van der Waals surface area contributed by atoms with E-state index < -0.39 is 4.92 Å². The highest BCUT2D eigenvalue weighted by molar-refractivity contribution is 5.92. The van der Waals surface area contributed by atoms with Crippen molar-refractivity contribution in [3.8, 4) is 0 Å². The number of hydrogen-bond donors (Lipinski definition) is 1. The third kappa shape index (κ3) is 2.95. The molecule has 4 aliphatic rings. The Bertz CT molecular complexity index is 670. The van der Waals surface area contributed by atoms with Crippen LogP contribution in [0.4, 0.5) is 5.69 Å². The Labute approximate surface area is 141 Å². The van der Waals surface area contributed by atoms with Crippen LogP contribution in [0.5, 0.6) is 0 Å². The SMILES string of the molecule is O=C(C=Cc1cccc([N+](=O)[O-])c1)NC1C2CC3CC(C2)CC1C3. The summed E-state index contributed by atoms with van der Waals surface area (Å²) in [5, 5.41) is 14.0. The van der Waals surface area contributed by atoms with Gasteiger partial charge in [0.1, 0.15) is 0 Å². The summed E-state index contributed by atoms with van der Waals surface area (Å²) in [7, 11) is 0. The molecule has 1 aromatic carbocycles. The number of carbonyl (C=O) groups excluding carboxylic acids is 1. The van der Waals surface area contributed by atoms with Gasteiger partial charge in [0.2, 0.25) is 5.91 Å². The molecule has 0 aliphatic heterocycles. The van der Waals surface area contributed by atoms with Crippen LogP contribution in [0.1, 0.15) is 37.7 Å². The molecule has 0 radical (unpaired) electrons. The summed E-state index contributed by atoms with van der Waals surface area (Å²) in [6.45, 7) is 0. The predicted octanol–water partition coefficient (Wildman–Crippen LogP) is 3.55. The number of nitro groups is 1. The quantitative estimate of drug-likeness (QED) is 0.522. The summed E-state index contributed by atoms with van der Waals surface area (Å²) in [4.78, 5) is 22.7. The van der Waals surface area contributed by atoms with Gasteiger partial charge in [-0.05, 0) is 67.4 Å². The Morgan fingerprint density at radius 2 is 1.79 bits per heavy atom. The topological polar surface area (TPSA) is 72.2 Å². The number of nitrogens with zero attached hydrogens (tertiary/aromatic N) is 1. The summed E-state index contributed by atoms with van der Waals surface area (Å²) >= 11 is 0. The average molecular weight is 326 g/mol. The minimum atomic E-state index is -0.425. The van der Waals surface area contributed by atoms with Crippen LogP contribution in [0.2, 0.25) is 0 Å². The first kappa shape index (κ1) is 15.4. The average Bonchev–Trinajstić information content (AvgIpc) is 2.56. The van der Waals surface area contributed by atoms with Gasteiger partial charge in [0.05, 0.1) is 4.92 Å². The van der Waals surface area contributed by atoms with Gasteiger partial charge in [-0.25, -0.2) is 0 Å². The molecule has 126 valence electrons. The highest BCUT2D eigenvalue weighted by Gasteiger charge is 2.48. The monoisotopic (exact) mass is 326 g/mol. The smallest absolute Gasteiger partial charge is 0.270 e. The Balaban J connectivity index is 1.40. The van der Waals surface area contributed by atoms with Gasteiger partial charge in [-0.3, -0.25) is 14.9 Å². The molecule has 0 atom stereocenters. The number of carbonyl (C=O) groups is 1. The van der Waals surface area contributed by atoms with Gasteiger partial charge < -0.3 is 5.32 Å². The van der Waals surface area contributed by atoms with Crippen molar-refractivity contribution in [3.05, 3.63) is 46.0 Å². The van der Waals surface area contributed by atoms with Crippen molar-refractivity contribution in [2.75, 3.05) is 0 Å². The minimum absolute atomic E-state index is 0.0404. The largest absolute Gasteiger partial charge is 0.349 e. The Hall–Kier alpha value is -2.17. The summed E-state index contributed by atoms with van der Waals surface area (Å²) in [5.74, 6) is 2.99. The zero-order valence-corrected chi connectivity index (χ0v) is 13.6. The maximum Gasteiger partial charge on any atom is 0.270 e. The highest BCUT2D eigenvalue weighted by Crippen LogP contribution is 2.53. The van der Waals surface area contributed by atoms with Crippen LogP contribution in [0.25, 0.3) is 6.08 Å². The maximum atomic E-state index is 12.3. The van der Waals surface area contributed by atoms with E-state index in [0.29, 0.717) is 23.4 Å². The van der Waals surface area contributed by atoms with Crippen LogP contribution in [0.3, 0.4) is 0 Å². The van der Waals surface area contributed by atoms with E-state index in [4.69, 9.17) is 0 Å². The van der Waals surface area contributed by atoms with Crippen LogP contribution in [0.15, 0.2) is 30.3 Å². The molecule has 0 unspecified atom stereocenters. The van der Waals surface area contributed by atoms with Crippen LogP contribution >= 0.6 is 0 Å². The molecule has 4 saturated carbocycles. The van der Waals surface area contributed by atoms with Crippen molar-refractivity contribution in [1.29, 1.82) is 0 Å². The van der Waals surface area contributed by atoms with E-state index in [0.717, 1.165) is 11.8 Å². The van der Waals surface area contributed by atoms with Crippen LogP contribution in [-0.2, 0) is 4.79 Å². The second-order valence-corrected chi connectivity index (χ2v) is 7.65. The second kappa shape index (κ2) is 6.04. The predicted molar refractivity (Wildman–Crippen MR) is 91.1 cm³/mol. The number of non-ortho nitro benzene ring substituents is 1. The molecule has 4 aliphatic carbocycles. The zero-order chi connectivity index (χ0) is 16.7. The summed E-state index contributed by atoms with van der Waals surface area (Å²) in [6.07, 6.45) is 9.64. The van der Waals surface area contributed by atoms with Gasteiger partial charge in [0.25, 0.3) is 5.69 Å². The van der Waals surface area contributed by atoms with E-state index in [1.165, 1.54) is 50.3 Å². The Kier molecular flexibility index (Phi) is 3.87. The first-order chi connectivity index (χ1) is 11.6. The van der Waals surface area contributed by atoms with Crippen LogP contribution < -0.4 is 5.32 Å². The lowest BCUT2D eigenvalue weighted by Gasteiger charge is -2.54. The molecule has 5 heteroatoms. The molecule has 5 nitrogen and oxygen atoms in total. The molecule has 24 heavy (non-hydrogen) atoms. The highest BCUT2D eigenvalue weighted by atomic mass is 16.6. The van der Waals surface area contributed by atoms with Crippen LogP contribution in [-0.4, -0.2) is 16.9 Å². The van der Waals surface area contributed by atoms with Crippen molar-refractivity contribution in [3.63, 3.8) is 0 Å². The first-order valence-electron chi connectivity index (χ1n) is 8.81. The Morgan fingerprint density at radius 3 is 2.42 bits per heavy atom. The molecular weight excluding hydrogens is 304 g/mol. The third-order valence-corrected chi connectivity index (χ3v) is 6.04. The second-order valence-electron chi connectivity index (χ2n) is 7.65. The number of nitrogens with one attached hydrogen (secondary N) is 1. The van der Waals surface area contributed by atoms with Gasteiger partial charge in [0.15, 0.2) is 0 Å². The molecule has 4 fully saturated rings. The van der Waals surface area contributed by atoms with Crippen molar-refractivity contribution in [2.45, 2.75) is 38.1 Å². The third-order valence-electron chi connectivity index (χ3n) is 6.04. The van der Waals surface area contributed by atoms with E-state index in [-0.39, 0.29) is 11.6 Å². The summed E-state index contributed by atoms with van der Waals surface area (Å²) in [5.41, 5.74) is 0.711. The minimum Gasteiger partial charge on any atom is -0.349 e. The van der Waals surface area contributed by atoms with Gasteiger partial charge >= 0.3 is 0 Å². The standard InChI is InChI=1S/C19H22N2O3/c22-18(5-4-12-2-1-3-17(11-12)21(23)24)20-19-15-7-13-6-14(9-15)10-16(19)8-13/h1-5,11,13-16,19H,6-10H2,(H,20,22). The fourth-order valence-corrected chi connectivity index (χ4v) is 5.29. The number of nitro benzene ring substituents is 1. The molecule has 4 bridgehead atoms. The molecule has 5 rings (SSSR count). The molecule has 1 N–H and O–H groups in total. The molecule has 1 aromatic rings.